The second-order valence-electron chi connectivity index (χ2n) is 6.81. The molecule has 1 saturated heterocycles. The van der Waals surface area contributed by atoms with Crippen LogP contribution < -0.4 is 10.2 Å². The summed E-state index contributed by atoms with van der Waals surface area (Å²) in [4.78, 5) is 17.2. The predicted molar refractivity (Wildman–Crippen MR) is 110 cm³/mol. The highest BCUT2D eigenvalue weighted by Crippen LogP contribution is 2.26. The second kappa shape index (κ2) is 9.85. The molecule has 0 aliphatic carbocycles. The number of carbonyl (C=O) groups is 1. The van der Waals surface area contributed by atoms with Gasteiger partial charge in [0.1, 0.15) is 5.69 Å². The van der Waals surface area contributed by atoms with Gasteiger partial charge in [-0.15, -0.1) is 10.2 Å². The van der Waals surface area contributed by atoms with Gasteiger partial charge < -0.3 is 15.1 Å². The Morgan fingerprint density at radius 2 is 1.93 bits per heavy atom. The highest BCUT2D eigenvalue weighted by molar-refractivity contribution is 7.17. The average Bonchev–Trinajstić information content (AvgIpc) is 3.38. The number of rotatable bonds is 9. The van der Waals surface area contributed by atoms with Gasteiger partial charge >= 0.3 is 0 Å². The van der Waals surface area contributed by atoms with Crippen LogP contribution in [0.15, 0.2) is 18.3 Å². The maximum atomic E-state index is 12.6. The summed E-state index contributed by atoms with van der Waals surface area (Å²) in [6, 6.07) is 3.72. The summed E-state index contributed by atoms with van der Waals surface area (Å²) in [5.74, 6) is -0.0609. The first-order valence-electron chi connectivity index (χ1n) is 9.99. The van der Waals surface area contributed by atoms with Crippen molar-refractivity contribution in [2.45, 2.75) is 39.5 Å². The summed E-state index contributed by atoms with van der Waals surface area (Å²) in [5.41, 5.74) is 0.610. The van der Waals surface area contributed by atoms with Gasteiger partial charge in [-0.3, -0.25) is 9.36 Å². The smallest absolute Gasteiger partial charge is 0.268 e. The first kappa shape index (κ1) is 19.8. The Labute approximate surface area is 165 Å². The standard InChI is InChI=1S/C19H30N6OS/c1-3-23(4-2)12-9-11-20-17(26)16-10-8-15-25(16)19-22-21-18(27-19)24-13-6-5-7-14-24/h8,10,15H,3-7,9,11-14H2,1-2H3,(H,20,26). The van der Waals surface area contributed by atoms with Crippen molar-refractivity contribution in [2.75, 3.05) is 44.2 Å². The molecular weight excluding hydrogens is 360 g/mol. The van der Waals surface area contributed by atoms with E-state index in [0.717, 1.165) is 49.4 Å². The van der Waals surface area contributed by atoms with Gasteiger partial charge in [0.15, 0.2) is 0 Å². The summed E-state index contributed by atoms with van der Waals surface area (Å²) < 4.78 is 1.84. The number of carbonyl (C=O) groups excluding carboxylic acids is 1. The molecule has 1 fully saturated rings. The molecule has 0 bridgehead atoms. The Balaban J connectivity index is 1.58. The molecule has 1 N–H and O–H groups in total. The topological polar surface area (TPSA) is 66.3 Å². The van der Waals surface area contributed by atoms with Gasteiger partial charge in [-0.1, -0.05) is 25.2 Å². The summed E-state index contributed by atoms with van der Waals surface area (Å²) in [6.45, 7) is 10.2. The molecule has 1 amide bonds. The molecule has 3 heterocycles. The van der Waals surface area contributed by atoms with Crippen molar-refractivity contribution in [1.82, 2.24) is 25.0 Å². The van der Waals surface area contributed by atoms with E-state index in [1.807, 2.05) is 22.9 Å². The van der Waals surface area contributed by atoms with Crippen molar-refractivity contribution in [3.63, 3.8) is 0 Å². The molecule has 3 rings (SSSR count). The highest BCUT2D eigenvalue weighted by atomic mass is 32.1. The summed E-state index contributed by atoms with van der Waals surface area (Å²) >= 11 is 1.55. The van der Waals surface area contributed by atoms with E-state index in [1.54, 1.807) is 11.3 Å². The van der Waals surface area contributed by atoms with Gasteiger partial charge in [0.25, 0.3) is 5.91 Å². The fourth-order valence-corrected chi connectivity index (χ4v) is 4.28. The first-order valence-corrected chi connectivity index (χ1v) is 10.8. The van der Waals surface area contributed by atoms with Gasteiger partial charge in [0.05, 0.1) is 0 Å². The van der Waals surface area contributed by atoms with Gasteiger partial charge in [-0.05, 0) is 57.5 Å². The lowest BCUT2D eigenvalue weighted by Crippen LogP contribution is -2.30. The number of nitrogens with zero attached hydrogens (tertiary/aromatic N) is 5. The molecule has 1 aliphatic rings. The maximum absolute atomic E-state index is 12.6. The van der Waals surface area contributed by atoms with Crippen LogP contribution in [0.1, 0.15) is 50.0 Å². The van der Waals surface area contributed by atoms with Crippen molar-refractivity contribution in [3.8, 4) is 5.13 Å². The van der Waals surface area contributed by atoms with Crippen molar-refractivity contribution >= 4 is 22.4 Å². The fraction of sp³-hybridized carbons (Fsp3) is 0.632. The largest absolute Gasteiger partial charge is 0.351 e. The van der Waals surface area contributed by atoms with E-state index < -0.39 is 0 Å². The maximum Gasteiger partial charge on any atom is 0.268 e. The third-order valence-electron chi connectivity index (χ3n) is 5.05. The lowest BCUT2D eigenvalue weighted by Gasteiger charge is -2.25. The Kier molecular flexibility index (Phi) is 7.23. The molecule has 0 atom stereocenters. The van der Waals surface area contributed by atoms with Crippen LogP contribution in [0.2, 0.25) is 0 Å². The van der Waals surface area contributed by atoms with Crippen molar-refractivity contribution < 1.29 is 4.79 Å². The van der Waals surface area contributed by atoms with Gasteiger partial charge in [-0.2, -0.15) is 0 Å². The fourth-order valence-electron chi connectivity index (χ4n) is 3.39. The lowest BCUT2D eigenvalue weighted by molar-refractivity contribution is 0.0945. The summed E-state index contributed by atoms with van der Waals surface area (Å²) in [6.07, 6.45) is 6.54. The van der Waals surface area contributed by atoms with Crippen LogP contribution in [0.25, 0.3) is 5.13 Å². The number of aromatic nitrogens is 3. The summed E-state index contributed by atoms with van der Waals surface area (Å²) in [7, 11) is 0. The molecule has 2 aromatic rings. The first-order chi connectivity index (χ1) is 13.2. The summed E-state index contributed by atoms with van der Waals surface area (Å²) in [5, 5.41) is 13.4. The van der Waals surface area contributed by atoms with Crippen LogP contribution in [-0.2, 0) is 0 Å². The van der Waals surface area contributed by atoms with Gasteiger partial charge in [0.2, 0.25) is 10.3 Å². The molecule has 0 aromatic carbocycles. The van der Waals surface area contributed by atoms with E-state index in [2.05, 4.69) is 39.2 Å². The minimum Gasteiger partial charge on any atom is -0.351 e. The molecule has 2 aromatic heterocycles. The number of piperidine rings is 1. The molecule has 0 radical (unpaired) electrons. The Hall–Kier alpha value is -1.93. The van der Waals surface area contributed by atoms with Crippen LogP contribution in [0, 0.1) is 0 Å². The van der Waals surface area contributed by atoms with Crippen LogP contribution >= 0.6 is 11.3 Å². The number of hydrogen-bond acceptors (Lipinski definition) is 6. The number of nitrogens with one attached hydrogen (secondary N) is 1. The molecule has 1 aliphatic heterocycles. The Bertz CT molecular complexity index is 717. The Morgan fingerprint density at radius 1 is 1.19 bits per heavy atom. The van der Waals surface area contributed by atoms with Crippen LogP contribution in [0.5, 0.6) is 0 Å². The molecule has 8 heteroatoms. The van der Waals surface area contributed by atoms with Gasteiger partial charge in [-0.25, -0.2) is 0 Å². The Morgan fingerprint density at radius 3 is 2.67 bits per heavy atom. The van der Waals surface area contributed by atoms with E-state index in [0.29, 0.717) is 12.2 Å². The zero-order chi connectivity index (χ0) is 19.1. The van der Waals surface area contributed by atoms with Crippen molar-refractivity contribution in [1.29, 1.82) is 0 Å². The van der Waals surface area contributed by atoms with E-state index in [1.165, 1.54) is 19.3 Å². The highest BCUT2D eigenvalue weighted by Gasteiger charge is 2.18. The third-order valence-corrected chi connectivity index (χ3v) is 6.03. The average molecular weight is 391 g/mol. The predicted octanol–water partition coefficient (Wildman–Crippen LogP) is 2.78. The number of hydrogen-bond donors (Lipinski definition) is 1. The minimum atomic E-state index is -0.0609. The third kappa shape index (κ3) is 5.07. The molecule has 0 unspecified atom stereocenters. The molecule has 148 valence electrons. The van der Waals surface area contributed by atoms with E-state index >= 15 is 0 Å². The van der Waals surface area contributed by atoms with E-state index in [-0.39, 0.29) is 5.91 Å². The van der Waals surface area contributed by atoms with Gasteiger partial charge in [0, 0.05) is 25.8 Å². The normalized spacial score (nSPS) is 14.7. The monoisotopic (exact) mass is 390 g/mol. The van der Waals surface area contributed by atoms with Crippen LogP contribution in [-0.4, -0.2) is 64.8 Å². The minimum absolute atomic E-state index is 0.0609. The number of amides is 1. The molecule has 27 heavy (non-hydrogen) atoms. The molecule has 7 nitrogen and oxygen atoms in total. The number of anilines is 1. The van der Waals surface area contributed by atoms with Crippen molar-refractivity contribution in [2.24, 2.45) is 0 Å². The molecular formula is C19H30N6OS. The van der Waals surface area contributed by atoms with E-state index in [9.17, 15) is 4.79 Å². The lowest BCUT2D eigenvalue weighted by atomic mass is 10.1. The van der Waals surface area contributed by atoms with Crippen LogP contribution in [0.4, 0.5) is 5.13 Å². The second-order valence-corrected chi connectivity index (χ2v) is 7.75. The zero-order valence-corrected chi connectivity index (χ0v) is 17.2. The zero-order valence-electron chi connectivity index (χ0n) is 16.4. The van der Waals surface area contributed by atoms with E-state index in [4.69, 9.17) is 0 Å². The quantitative estimate of drug-likeness (QED) is 0.667. The SMILES string of the molecule is CCN(CC)CCCNC(=O)c1cccn1-c1nnc(N2CCCCC2)s1. The molecule has 0 saturated carbocycles. The van der Waals surface area contributed by atoms with Crippen LogP contribution in [0.3, 0.4) is 0 Å². The molecule has 0 spiro atoms. The van der Waals surface area contributed by atoms with Crippen molar-refractivity contribution in [3.05, 3.63) is 24.0 Å².